The third-order valence-electron chi connectivity index (χ3n) is 4.14. The molecule has 4 aromatic rings. The van der Waals surface area contributed by atoms with Gasteiger partial charge in [-0.15, -0.1) is 10.2 Å². The zero-order valence-electron chi connectivity index (χ0n) is 16.1. The van der Waals surface area contributed by atoms with Gasteiger partial charge in [-0.25, -0.2) is 0 Å². The summed E-state index contributed by atoms with van der Waals surface area (Å²) >= 11 is 3.73. The molecule has 8 nitrogen and oxygen atoms in total. The fraction of sp³-hybridized carbons (Fsp3) is 0.150. The van der Waals surface area contributed by atoms with Crippen molar-refractivity contribution in [1.82, 2.24) is 14.8 Å². The Balaban J connectivity index is 1.27. The summed E-state index contributed by atoms with van der Waals surface area (Å²) in [5, 5.41) is 13.9. The average Bonchev–Trinajstić information content (AvgIpc) is 3.32. The van der Waals surface area contributed by atoms with E-state index < -0.39 is 0 Å². The molecule has 0 saturated carbocycles. The van der Waals surface area contributed by atoms with E-state index in [-0.39, 0.29) is 23.2 Å². The number of hydrogen-bond acceptors (Lipinski definition) is 8. The summed E-state index contributed by atoms with van der Waals surface area (Å²) in [6.45, 7) is -0.0927. The fourth-order valence-corrected chi connectivity index (χ4v) is 5.43. The molecule has 0 fully saturated rings. The first kappa shape index (κ1) is 21.2. The van der Waals surface area contributed by atoms with Gasteiger partial charge in [-0.3, -0.25) is 24.3 Å². The third-order valence-corrected chi connectivity index (χ3v) is 7.07. The van der Waals surface area contributed by atoms with Gasteiger partial charge in [-0.05, 0) is 24.3 Å². The highest BCUT2D eigenvalue weighted by Crippen LogP contribution is 2.26. The van der Waals surface area contributed by atoms with Crippen molar-refractivity contribution in [1.29, 1.82) is 0 Å². The standard InChI is InChI=1S/C20H17N5O3S3/c26-16(21-13-6-2-1-3-7-13)10-11-29-19-24-23-18(31-19)22-17(27)12-25-14-8-4-5-9-15(14)30-20(25)28/h1-9H,10-12H2,(H,21,26)(H,22,23,27). The number of thiazole rings is 1. The normalized spacial score (nSPS) is 10.8. The molecule has 0 spiro atoms. The molecule has 2 aromatic heterocycles. The van der Waals surface area contributed by atoms with E-state index >= 15 is 0 Å². The van der Waals surface area contributed by atoms with E-state index in [9.17, 15) is 14.4 Å². The first-order chi connectivity index (χ1) is 15.1. The number of thioether (sulfide) groups is 1. The lowest BCUT2D eigenvalue weighted by atomic mass is 10.3. The Labute approximate surface area is 189 Å². The number of rotatable bonds is 8. The summed E-state index contributed by atoms with van der Waals surface area (Å²) < 4.78 is 2.93. The molecule has 0 aliphatic heterocycles. The lowest BCUT2D eigenvalue weighted by Gasteiger charge is -2.03. The van der Waals surface area contributed by atoms with Gasteiger partial charge in [0.1, 0.15) is 6.54 Å². The SMILES string of the molecule is O=C(CCSc1nnc(NC(=O)Cn2c(=O)sc3ccccc32)s1)Nc1ccccc1. The van der Waals surface area contributed by atoms with Crippen LogP contribution < -0.4 is 15.5 Å². The highest BCUT2D eigenvalue weighted by atomic mass is 32.2. The summed E-state index contributed by atoms with van der Waals surface area (Å²) in [6.07, 6.45) is 0.328. The van der Waals surface area contributed by atoms with Crippen LogP contribution in [0.1, 0.15) is 6.42 Å². The molecule has 31 heavy (non-hydrogen) atoms. The van der Waals surface area contributed by atoms with Gasteiger partial charge in [0.2, 0.25) is 16.9 Å². The molecule has 0 atom stereocenters. The van der Waals surface area contributed by atoms with Crippen molar-refractivity contribution in [2.75, 3.05) is 16.4 Å². The third kappa shape index (κ3) is 5.57. The molecule has 0 radical (unpaired) electrons. The second kappa shape index (κ2) is 9.86. The molecule has 158 valence electrons. The van der Waals surface area contributed by atoms with Crippen molar-refractivity contribution in [3.8, 4) is 0 Å². The van der Waals surface area contributed by atoms with Gasteiger partial charge < -0.3 is 5.32 Å². The average molecular weight is 472 g/mol. The lowest BCUT2D eigenvalue weighted by Crippen LogP contribution is -2.24. The number of anilines is 2. The van der Waals surface area contributed by atoms with Crippen LogP contribution in [0.5, 0.6) is 0 Å². The maximum absolute atomic E-state index is 12.4. The smallest absolute Gasteiger partial charge is 0.308 e. The summed E-state index contributed by atoms with van der Waals surface area (Å²) in [7, 11) is 0. The van der Waals surface area contributed by atoms with Gasteiger partial charge in [-0.2, -0.15) is 0 Å². The molecule has 2 aromatic carbocycles. The molecule has 0 saturated heterocycles. The topological polar surface area (TPSA) is 106 Å². The summed E-state index contributed by atoms with van der Waals surface area (Å²) in [5.41, 5.74) is 1.49. The number of fused-ring (bicyclic) bond motifs is 1. The molecular formula is C20H17N5O3S3. The fourth-order valence-electron chi connectivity index (χ4n) is 2.76. The second-order valence-electron chi connectivity index (χ2n) is 6.36. The number of carbonyl (C=O) groups excluding carboxylic acids is 2. The number of nitrogens with one attached hydrogen (secondary N) is 2. The zero-order valence-corrected chi connectivity index (χ0v) is 18.6. The van der Waals surface area contributed by atoms with Crippen LogP contribution >= 0.6 is 34.4 Å². The first-order valence-electron chi connectivity index (χ1n) is 9.28. The molecule has 0 aliphatic carbocycles. The van der Waals surface area contributed by atoms with E-state index in [0.29, 0.717) is 21.6 Å². The van der Waals surface area contributed by atoms with Crippen LogP contribution in [0.2, 0.25) is 0 Å². The highest BCUT2D eigenvalue weighted by molar-refractivity contribution is 8.01. The number of carbonyl (C=O) groups is 2. The van der Waals surface area contributed by atoms with Crippen LogP contribution in [0.25, 0.3) is 10.2 Å². The van der Waals surface area contributed by atoms with Crippen molar-refractivity contribution >= 4 is 67.3 Å². The second-order valence-corrected chi connectivity index (χ2v) is 9.67. The largest absolute Gasteiger partial charge is 0.326 e. The molecule has 4 rings (SSSR count). The molecule has 11 heteroatoms. The van der Waals surface area contributed by atoms with Gasteiger partial charge in [0.05, 0.1) is 10.2 Å². The Hall–Kier alpha value is -3.02. The lowest BCUT2D eigenvalue weighted by molar-refractivity contribution is -0.117. The van der Waals surface area contributed by atoms with Crippen LogP contribution in [0.3, 0.4) is 0 Å². The van der Waals surface area contributed by atoms with Crippen LogP contribution in [-0.4, -0.2) is 32.3 Å². The van der Waals surface area contributed by atoms with Crippen molar-refractivity contribution in [3.63, 3.8) is 0 Å². The van der Waals surface area contributed by atoms with E-state index in [1.807, 2.05) is 54.6 Å². The number of benzene rings is 2. The van der Waals surface area contributed by atoms with Gasteiger partial charge in [0.15, 0.2) is 4.34 Å². The molecule has 0 bridgehead atoms. The van der Waals surface area contributed by atoms with Gasteiger partial charge in [0, 0.05) is 17.9 Å². The Kier molecular flexibility index (Phi) is 6.75. The summed E-state index contributed by atoms with van der Waals surface area (Å²) in [6, 6.07) is 16.6. The predicted molar refractivity (Wildman–Crippen MR) is 125 cm³/mol. The zero-order chi connectivity index (χ0) is 21.6. The van der Waals surface area contributed by atoms with E-state index in [0.717, 1.165) is 27.2 Å². The molecule has 0 unspecified atom stereocenters. The van der Waals surface area contributed by atoms with Crippen LogP contribution in [0.4, 0.5) is 10.8 Å². The molecular weight excluding hydrogens is 454 g/mol. The highest BCUT2D eigenvalue weighted by Gasteiger charge is 2.13. The monoisotopic (exact) mass is 471 g/mol. The number of hydrogen-bond donors (Lipinski definition) is 2. The Bertz CT molecular complexity index is 1270. The van der Waals surface area contributed by atoms with Crippen molar-refractivity contribution in [2.45, 2.75) is 17.3 Å². The molecule has 2 amide bonds. The van der Waals surface area contributed by atoms with Crippen molar-refractivity contribution < 1.29 is 9.59 Å². The van der Waals surface area contributed by atoms with E-state index in [1.165, 1.54) is 27.7 Å². The van der Waals surface area contributed by atoms with Crippen LogP contribution in [0.15, 0.2) is 63.7 Å². The summed E-state index contributed by atoms with van der Waals surface area (Å²) in [5.74, 6) is 0.114. The number of amides is 2. The predicted octanol–water partition coefficient (Wildman–Crippen LogP) is 3.67. The maximum atomic E-state index is 12.4. The van der Waals surface area contributed by atoms with Crippen molar-refractivity contribution in [2.24, 2.45) is 0 Å². The quantitative estimate of drug-likeness (QED) is 0.300. The Morgan fingerprint density at radius 2 is 1.71 bits per heavy atom. The van der Waals surface area contributed by atoms with E-state index in [1.54, 1.807) is 0 Å². The van der Waals surface area contributed by atoms with Crippen molar-refractivity contribution in [3.05, 3.63) is 64.3 Å². The van der Waals surface area contributed by atoms with Gasteiger partial charge in [0.25, 0.3) is 0 Å². The number of nitrogens with zero attached hydrogens (tertiary/aromatic N) is 3. The molecule has 2 heterocycles. The van der Waals surface area contributed by atoms with E-state index in [2.05, 4.69) is 20.8 Å². The molecule has 2 N–H and O–H groups in total. The van der Waals surface area contributed by atoms with Gasteiger partial charge >= 0.3 is 4.87 Å². The molecule has 0 aliphatic rings. The number of aromatic nitrogens is 3. The minimum absolute atomic E-state index is 0.0785. The minimum Gasteiger partial charge on any atom is -0.326 e. The first-order valence-corrected chi connectivity index (χ1v) is 11.9. The maximum Gasteiger partial charge on any atom is 0.308 e. The number of para-hydroxylation sites is 2. The summed E-state index contributed by atoms with van der Waals surface area (Å²) in [4.78, 5) is 36.3. The van der Waals surface area contributed by atoms with E-state index in [4.69, 9.17) is 0 Å². The van der Waals surface area contributed by atoms with Gasteiger partial charge in [-0.1, -0.05) is 64.8 Å². The minimum atomic E-state index is -0.347. The Morgan fingerprint density at radius 3 is 2.55 bits per heavy atom. The van der Waals surface area contributed by atoms with Crippen LogP contribution in [-0.2, 0) is 16.1 Å². The Morgan fingerprint density at radius 1 is 0.935 bits per heavy atom. The van der Waals surface area contributed by atoms with Crippen LogP contribution in [0, 0.1) is 0 Å².